The van der Waals surface area contributed by atoms with Gasteiger partial charge < -0.3 is 0 Å². The third-order valence-corrected chi connectivity index (χ3v) is 6.32. The first kappa shape index (κ1) is 21.9. The molecule has 2 nitrogen and oxygen atoms in total. The van der Waals surface area contributed by atoms with E-state index in [4.69, 9.17) is 0 Å². The Bertz CT molecular complexity index is 1010. The van der Waals surface area contributed by atoms with Crippen LogP contribution in [0.4, 0.5) is 17.6 Å². The van der Waals surface area contributed by atoms with Gasteiger partial charge in [-0.05, 0) is 53.3 Å². The molecule has 7 heteroatoms. The second kappa shape index (κ2) is 9.42. The van der Waals surface area contributed by atoms with Crippen molar-refractivity contribution < 1.29 is 17.6 Å². The molecule has 1 aliphatic heterocycles. The van der Waals surface area contributed by atoms with Crippen LogP contribution in [0.15, 0.2) is 77.7 Å². The zero-order valence-electron chi connectivity index (χ0n) is 16.7. The molecule has 0 amide bonds. The normalized spacial score (nSPS) is 17.2. The summed E-state index contributed by atoms with van der Waals surface area (Å²) in [6.45, 7) is 2.44. The van der Waals surface area contributed by atoms with E-state index < -0.39 is 17.6 Å². The van der Waals surface area contributed by atoms with Gasteiger partial charge in [0.05, 0.1) is 10.5 Å². The number of hydrogen-bond donors (Lipinski definition) is 1. The van der Waals surface area contributed by atoms with Gasteiger partial charge in [-0.15, -0.1) is 0 Å². The number of alkyl halides is 3. The molecule has 3 aromatic rings. The van der Waals surface area contributed by atoms with Gasteiger partial charge >= 0.3 is 6.18 Å². The van der Waals surface area contributed by atoms with Crippen molar-refractivity contribution in [1.29, 1.82) is 0 Å². The third-order valence-electron chi connectivity index (χ3n) is 5.33. The number of hydrogen-bond acceptors (Lipinski definition) is 3. The molecule has 1 aliphatic rings. The molecule has 1 N–H and O–H groups in total. The Kier molecular flexibility index (Phi) is 6.65. The van der Waals surface area contributed by atoms with Crippen molar-refractivity contribution in [2.75, 3.05) is 13.1 Å². The maximum absolute atomic E-state index is 13.9. The Hall–Kier alpha value is -2.35. The number of nitrogens with one attached hydrogen (secondary N) is 1. The van der Waals surface area contributed by atoms with E-state index in [9.17, 15) is 17.6 Å². The van der Waals surface area contributed by atoms with Crippen LogP contribution in [0.1, 0.15) is 17.5 Å². The van der Waals surface area contributed by atoms with Crippen LogP contribution >= 0.6 is 11.9 Å². The highest BCUT2D eigenvalue weighted by molar-refractivity contribution is 7.97. The lowest BCUT2D eigenvalue weighted by Gasteiger charge is -2.17. The second-order valence-electron chi connectivity index (χ2n) is 7.65. The van der Waals surface area contributed by atoms with E-state index in [0.717, 1.165) is 56.2 Å². The Balaban J connectivity index is 1.30. The zero-order valence-corrected chi connectivity index (χ0v) is 17.5. The van der Waals surface area contributed by atoms with Crippen molar-refractivity contribution in [3.05, 3.63) is 89.7 Å². The quantitative estimate of drug-likeness (QED) is 0.349. The van der Waals surface area contributed by atoms with E-state index in [0.29, 0.717) is 0 Å². The molecular formula is C24H22F4N2S. The van der Waals surface area contributed by atoms with E-state index in [1.807, 2.05) is 18.2 Å². The predicted octanol–water partition coefficient (Wildman–Crippen LogP) is 6.38. The van der Waals surface area contributed by atoms with Crippen LogP contribution in [-0.2, 0) is 12.7 Å². The molecule has 0 saturated carbocycles. The van der Waals surface area contributed by atoms with Gasteiger partial charge in [0, 0.05) is 25.7 Å². The molecule has 0 bridgehead atoms. The van der Waals surface area contributed by atoms with Gasteiger partial charge in [-0.2, -0.15) is 13.2 Å². The Morgan fingerprint density at radius 3 is 2.35 bits per heavy atom. The van der Waals surface area contributed by atoms with Gasteiger partial charge in [0.25, 0.3) is 0 Å². The summed E-state index contributed by atoms with van der Waals surface area (Å²) in [5, 5.41) is 0. The summed E-state index contributed by atoms with van der Waals surface area (Å²) in [5.41, 5.74) is 2.71. The number of likely N-dealkylation sites (tertiary alicyclic amines) is 1. The molecule has 1 atom stereocenters. The summed E-state index contributed by atoms with van der Waals surface area (Å²) >= 11 is 0.931. The summed E-state index contributed by atoms with van der Waals surface area (Å²) in [6.07, 6.45) is -3.63. The average Bonchev–Trinajstić information content (AvgIpc) is 3.21. The first-order valence-corrected chi connectivity index (χ1v) is 10.9. The SMILES string of the molecule is Fc1ccc(C(F)(F)F)cc1SNC1CCN(Cc2ccc(-c3ccccc3)cc2)C1. The molecule has 4 rings (SSSR count). The van der Waals surface area contributed by atoms with Gasteiger partial charge in [0.2, 0.25) is 0 Å². The number of benzene rings is 3. The molecule has 1 unspecified atom stereocenters. The van der Waals surface area contributed by atoms with Crippen molar-refractivity contribution in [3.63, 3.8) is 0 Å². The van der Waals surface area contributed by atoms with E-state index >= 15 is 0 Å². The lowest BCUT2D eigenvalue weighted by atomic mass is 10.0. The van der Waals surface area contributed by atoms with E-state index in [2.05, 4.69) is 46.0 Å². The highest BCUT2D eigenvalue weighted by Gasteiger charge is 2.31. The molecule has 0 aromatic heterocycles. The minimum Gasteiger partial charge on any atom is -0.297 e. The van der Waals surface area contributed by atoms with Crippen molar-refractivity contribution in [1.82, 2.24) is 9.62 Å². The fourth-order valence-corrected chi connectivity index (χ4v) is 4.51. The molecule has 31 heavy (non-hydrogen) atoms. The van der Waals surface area contributed by atoms with Crippen molar-refractivity contribution >= 4 is 11.9 Å². The van der Waals surface area contributed by atoms with Crippen molar-refractivity contribution in [2.45, 2.75) is 30.1 Å². The fraction of sp³-hybridized carbons (Fsp3) is 0.250. The van der Waals surface area contributed by atoms with Gasteiger partial charge in [-0.25, -0.2) is 4.39 Å². The van der Waals surface area contributed by atoms with Gasteiger partial charge in [-0.3, -0.25) is 9.62 Å². The highest BCUT2D eigenvalue weighted by atomic mass is 32.2. The predicted molar refractivity (Wildman–Crippen MR) is 116 cm³/mol. The van der Waals surface area contributed by atoms with Crippen LogP contribution in [-0.4, -0.2) is 24.0 Å². The molecule has 1 heterocycles. The molecule has 1 fully saturated rings. The summed E-state index contributed by atoms with van der Waals surface area (Å²) in [6, 6.07) is 21.2. The maximum Gasteiger partial charge on any atom is 0.416 e. The van der Waals surface area contributed by atoms with Crippen molar-refractivity contribution in [3.8, 4) is 11.1 Å². The van der Waals surface area contributed by atoms with Gasteiger partial charge in [0.1, 0.15) is 5.82 Å². The minimum absolute atomic E-state index is 0.0372. The van der Waals surface area contributed by atoms with E-state index in [1.54, 1.807) is 0 Å². The first-order chi connectivity index (χ1) is 14.9. The summed E-state index contributed by atoms with van der Waals surface area (Å²) in [4.78, 5) is 2.25. The van der Waals surface area contributed by atoms with Crippen LogP contribution in [0.2, 0.25) is 0 Å². The number of nitrogens with zero attached hydrogens (tertiary/aromatic N) is 1. The first-order valence-electron chi connectivity index (χ1n) is 10.0. The molecule has 0 spiro atoms. The maximum atomic E-state index is 13.9. The molecule has 162 valence electrons. The fourth-order valence-electron chi connectivity index (χ4n) is 3.67. The summed E-state index contributed by atoms with van der Waals surface area (Å²) in [5.74, 6) is -0.654. The standard InChI is InChI=1S/C24H22F4N2S/c25-22-11-10-20(24(26,27)28)14-23(22)31-29-21-12-13-30(16-21)15-17-6-8-19(9-7-17)18-4-2-1-3-5-18/h1-11,14,21,29H,12-13,15-16H2. The van der Waals surface area contributed by atoms with Gasteiger partial charge in [0.15, 0.2) is 0 Å². The van der Waals surface area contributed by atoms with Crippen LogP contribution in [0.25, 0.3) is 11.1 Å². The smallest absolute Gasteiger partial charge is 0.297 e. The summed E-state index contributed by atoms with van der Waals surface area (Å²) < 4.78 is 55.6. The number of halogens is 4. The van der Waals surface area contributed by atoms with Gasteiger partial charge in [-0.1, -0.05) is 54.6 Å². The molecule has 1 saturated heterocycles. The minimum atomic E-state index is -4.48. The van der Waals surface area contributed by atoms with Crippen LogP contribution in [0.5, 0.6) is 0 Å². The topological polar surface area (TPSA) is 15.3 Å². The number of rotatable bonds is 6. The van der Waals surface area contributed by atoms with E-state index in [1.165, 1.54) is 16.7 Å². The monoisotopic (exact) mass is 446 g/mol. The lowest BCUT2D eigenvalue weighted by Crippen LogP contribution is -2.28. The molecule has 0 aliphatic carbocycles. The van der Waals surface area contributed by atoms with Crippen LogP contribution in [0, 0.1) is 5.82 Å². The largest absolute Gasteiger partial charge is 0.416 e. The zero-order chi connectivity index (χ0) is 21.8. The third kappa shape index (κ3) is 5.67. The Labute approximate surface area is 183 Å². The van der Waals surface area contributed by atoms with E-state index in [-0.39, 0.29) is 10.9 Å². The highest BCUT2D eigenvalue weighted by Crippen LogP contribution is 2.33. The Morgan fingerprint density at radius 2 is 1.65 bits per heavy atom. The molecular weight excluding hydrogens is 424 g/mol. The Morgan fingerprint density at radius 1 is 0.935 bits per heavy atom. The molecule has 3 aromatic carbocycles. The summed E-state index contributed by atoms with van der Waals surface area (Å²) in [7, 11) is 0. The van der Waals surface area contributed by atoms with Crippen LogP contribution in [0.3, 0.4) is 0 Å². The molecule has 0 radical (unpaired) electrons. The van der Waals surface area contributed by atoms with Crippen LogP contribution < -0.4 is 4.72 Å². The second-order valence-corrected chi connectivity index (χ2v) is 8.53. The average molecular weight is 447 g/mol. The lowest BCUT2D eigenvalue weighted by molar-refractivity contribution is -0.137. The van der Waals surface area contributed by atoms with Crippen molar-refractivity contribution in [2.24, 2.45) is 0 Å².